The minimum absolute atomic E-state index is 0.331. The van der Waals surface area contributed by atoms with Gasteiger partial charge in [-0.1, -0.05) is 19.3 Å². The quantitative estimate of drug-likeness (QED) is 0.151. The molecule has 1 unspecified atom stereocenters. The highest BCUT2D eigenvalue weighted by Crippen LogP contribution is 2.19. The predicted octanol–water partition coefficient (Wildman–Crippen LogP) is 4.43. The number of nitrogens with one attached hydrogen (secondary N) is 1. The summed E-state index contributed by atoms with van der Waals surface area (Å²) >= 11 is 0. The second kappa shape index (κ2) is 19.3. The van der Waals surface area contributed by atoms with Crippen LogP contribution >= 0.6 is 0 Å². The van der Waals surface area contributed by atoms with E-state index in [0.29, 0.717) is 45.2 Å². The SMILES string of the molecule is CCO[Si](C)(CNC1CCCCC1)OCC.CCO[Si](CCCOCC1CO1)(OCC)OCC. The maximum absolute atomic E-state index is 5.82. The Kier molecular flexibility index (Phi) is 18.2. The van der Waals surface area contributed by atoms with Gasteiger partial charge in [-0.3, -0.25) is 0 Å². The third-order valence-electron chi connectivity index (χ3n) is 5.79. The van der Waals surface area contributed by atoms with Crippen molar-refractivity contribution in [1.82, 2.24) is 5.32 Å². The average molecular weight is 524 g/mol. The van der Waals surface area contributed by atoms with Gasteiger partial charge in [0.2, 0.25) is 0 Å². The molecule has 2 aliphatic rings. The highest BCUT2D eigenvalue weighted by molar-refractivity contribution is 6.66. The zero-order valence-electron chi connectivity index (χ0n) is 22.8. The summed E-state index contributed by atoms with van der Waals surface area (Å²) in [7, 11) is -4.41. The van der Waals surface area contributed by atoms with Crippen molar-refractivity contribution in [3.63, 3.8) is 0 Å². The van der Waals surface area contributed by atoms with E-state index in [1.165, 1.54) is 32.1 Å². The lowest BCUT2D eigenvalue weighted by Crippen LogP contribution is -2.51. The van der Waals surface area contributed by atoms with Crippen molar-refractivity contribution in [1.29, 1.82) is 0 Å². The Labute approximate surface area is 211 Å². The molecule has 0 aromatic carbocycles. The molecule has 204 valence electrons. The van der Waals surface area contributed by atoms with Crippen molar-refractivity contribution in [2.75, 3.05) is 59.0 Å². The maximum Gasteiger partial charge on any atom is 0.501 e. The predicted molar refractivity (Wildman–Crippen MR) is 140 cm³/mol. The third kappa shape index (κ3) is 14.6. The standard InChI is InChI=1S/C12H27NO2Si.C12H26O5Si/c1-4-14-16(3,15-5-2)11-13-12-9-7-6-8-10-12;1-4-15-18(16-5-2,17-6-3)9-7-8-13-10-12-11-14-12/h12-13H,4-11H2,1-3H3;12H,4-11H2,1-3H3. The highest BCUT2D eigenvalue weighted by Gasteiger charge is 2.39. The van der Waals surface area contributed by atoms with Crippen molar-refractivity contribution in [3.05, 3.63) is 0 Å². The van der Waals surface area contributed by atoms with Crippen LogP contribution in [0.3, 0.4) is 0 Å². The van der Waals surface area contributed by atoms with Crippen molar-refractivity contribution < 1.29 is 31.6 Å². The van der Waals surface area contributed by atoms with Gasteiger partial charge in [-0.05, 0) is 60.4 Å². The molecule has 10 heteroatoms. The number of rotatable bonds is 19. The van der Waals surface area contributed by atoms with E-state index in [-0.39, 0.29) is 0 Å². The minimum atomic E-state index is -2.47. The van der Waals surface area contributed by atoms with Crippen molar-refractivity contribution in [2.45, 2.75) is 97.9 Å². The maximum atomic E-state index is 5.82. The largest absolute Gasteiger partial charge is 0.501 e. The Morgan fingerprint density at radius 1 is 0.794 bits per heavy atom. The smallest absolute Gasteiger partial charge is 0.394 e. The van der Waals surface area contributed by atoms with Gasteiger partial charge in [0.1, 0.15) is 6.10 Å². The summed E-state index contributed by atoms with van der Waals surface area (Å²) in [6.07, 6.45) is 8.96. The first kappa shape index (κ1) is 32.1. The van der Waals surface area contributed by atoms with Crippen LogP contribution < -0.4 is 5.32 Å². The van der Waals surface area contributed by atoms with Gasteiger partial charge in [-0.25, -0.2) is 0 Å². The Morgan fingerprint density at radius 2 is 1.32 bits per heavy atom. The second-order valence-corrected chi connectivity index (χ2v) is 14.8. The first-order chi connectivity index (χ1) is 16.5. The van der Waals surface area contributed by atoms with E-state index in [1.54, 1.807) is 0 Å². The summed E-state index contributed by atoms with van der Waals surface area (Å²) in [4.78, 5) is 0. The molecule has 0 amide bonds. The average Bonchev–Trinajstić information content (AvgIpc) is 3.64. The molecule has 0 aromatic heterocycles. The zero-order chi connectivity index (χ0) is 25.1. The van der Waals surface area contributed by atoms with Crippen LogP contribution in [0, 0.1) is 0 Å². The van der Waals surface area contributed by atoms with Gasteiger partial charge in [0.25, 0.3) is 0 Å². The fourth-order valence-electron chi connectivity index (χ4n) is 4.16. The van der Waals surface area contributed by atoms with Crippen molar-refractivity contribution in [2.24, 2.45) is 0 Å². The van der Waals surface area contributed by atoms with Gasteiger partial charge in [-0.15, -0.1) is 0 Å². The van der Waals surface area contributed by atoms with Gasteiger partial charge >= 0.3 is 17.4 Å². The fourth-order valence-corrected chi connectivity index (χ4v) is 8.91. The molecule has 1 aliphatic heterocycles. The van der Waals surface area contributed by atoms with E-state index in [1.807, 2.05) is 34.6 Å². The Balaban J connectivity index is 0.000000342. The Morgan fingerprint density at radius 3 is 1.79 bits per heavy atom. The molecule has 0 spiro atoms. The molecule has 0 bridgehead atoms. The van der Waals surface area contributed by atoms with Gasteiger partial charge in [0.05, 0.1) is 13.2 Å². The number of hydrogen-bond acceptors (Lipinski definition) is 8. The van der Waals surface area contributed by atoms with E-state index >= 15 is 0 Å². The zero-order valence-corrected chi connectivity index (χ0v) is 24.8. The van der Waals surface area contributed by atoms with Gasteiger partial charge in [0, 0.05) is 57.9 Å². The molecule has 34 heavy (non-hydrogen) atoms. The summed E-state index contributed by atoms with van der Waals surface area (Å²) in [5.74, 6) is 0. The fraction of sp³-hybridized carbons (Fsp3) is 1.00. The molecule has 1 atom stereocenters. The topological polar surface area (TPSA) is 79.9 Å². The molecule has 0 radical (unpaired) electrons. The number of hydrogen-bond donors (Lipinski definition) is 1. The van der Waals surface area contributed by atoms with Gasteiger partial charge in [0.15, 0.2) is 0 Å². The normalized spacial score (nSPS) is 19.1. The lowest BCUT2D eigenvalue weighted by atomic mass is 9.96. The van der Waals surface area contributed by atoms with Crippen LogP contribution in [0.4, 0.5) is 0 Å². The first-order valence-electron chi connectivity index (χ1n) is 13.6. The molecule has 1 aliphatic carbocycles. The molecule has 0 aromatic rings. The molecule has 1 heterocycles. The van der Waals surface area contributed by atoms with Crippen LogP contribution in [-0.2, 0) is 31.6 Å². The van der Waals surface area contributed by atoms with Gasteiger partial charge in [-0.2, -0.15) is 0 Å². The number of ether oxygens (including phenoxy) is 2. The molecule has 1 saturated carbocycles. The summed E-state index contributed by atoms with van der Waals surface area (Å²) < 4.78 is 39.5. The van der Waals surface area contributed by atoms with Crippen molar-refractivity contribution >= 4 is 17.4 Å². The van der Waals surface area contributed by atoms with Crippen molar-refractivity contribution in [3.8, 4) is 0 Å². The van der Waals surface area contributed by atoms with Crippen LogP contribution in [0.2, 0.25) is 12.6 Å². The van der Waals surface area contributed by atoms with Crippen LogP contribution in [0.25, 0.3) is 0 Å². The summed E-state index contributed by atoms with van der Waals surface area (Å²) in [5.41, 5.74) is 0. The summed E-state index contributed by atoms with van der Waals surface area (Å²) in [6, 6.07) is 1.51. The molecule has 8 nitrogen and oxygen atoms in total. The lowest BCUT2D eigenvalue weighted by molar-refractivity contribution is 0.0648. The summed E-state index contributed by atoms with van der Waals surface area (Å²) in [5, 5.41) is 3.64. The number of epoxide rings is 1. The Hall–Kier alpha value is 0.114. The van der Waals surface area contributed by atoms with E-state index < -0.39 is 17.4 Å². The molecule has 2 rings (SSSR count). The van der Waals surface area contributed by atoms with Crippen LogP contribution in [0.5, 0.6) is 0 Å². The second-order valence-electron chi connectivity index (χ2n) is 8.83. The van der Waals surface area contributed by atoms with Crippen LogP contribution in [-0.4, -0.2) is 88.5 Å². The first-order valence-corrected chi connectivity index (χ1v) is 18.0. The lowest BCUT2D eigenvalue weighted by Gasteiger charge is -2.30. The minimum Gasteiger partial charge on any atom is -0.394 e. The molecular formula is C24H53NO7Si2. The molecule has 1 saturated heterocycles. The monoisotopic (exact) mass is 523 g/mol. The van der Waals surface area contributed by atoms with Crippen LogP contribution in [0.15, 0.2) is 0 Å². The van der Waals surface area contributed by atoms with E-state index in [2.05, 4.69) is 11.9 Å². The summed E-state index contributed by atoms with van der Waals surface area (Å²) in [6.45, 7) is 17.8. The third-order valence-corrected chi connectivity index (χ3v) is 11.6. The van der Waals surface area contributed by atoms with E-state index in [4.69, 9.17) is 31.6 Å². The Bertz CT molecular complexity index is 457. The van der Waals surface area contributed by atoms with Gasteiger partial charge < -0.3 is 36.9 Å². The molecular weight excluding hydrogens is 470 g/mol. The van der Waals surface area contributed by atoms with Crippen LogP contribution in [0.1, 0.15) is 73.1 Å². The highest BCUT2D eigenvalue weighted by atomic mass is 28.4. The van der Waals surface area contributed by atoms with E-state index in [0.717, 1.165) is 38.5 Å². The molecule has 1 N–H and O–H groups in total. The molecule has 2 fully saturated rings. The van der Waals surface area contributed by atoms with E-state index in [9.17, 15) is 0 Å².